The lowest BCUT2D eigenvalue weighted by molar-refractivity contribution is -0.123. The second-order valence-electron chi connectivity index (χ2n) is 6.18. The van der Waals surface area contributed by atoms with E-state index in [9.17, 15) is 14.7 Å². The molecule has 1 rings (SSSR count). The van der Waals surface area contributed by atoms with Gasteiger partial charge in [-0.2, -0.15) is 0 Å². The van der Waals surface area contributed by atoms with Crippen LogP contribution in [0, 0.1) is 0 Å². The molecule has 0 unspecified atom stereocenters. The summed E-state index contributed by atoms with van der Waals surface area (Å²) in [5.41, 5.74) is 0.00729. The van der Waals surface area contributed by atoms with Gasteiger partial charge in [0.15, 0.2) is 0 Å². The zero-order valence-electron chi connectivity index (χ0n) is 13.7. The van der Waals surface area contributed by atoms with E-state index in [4.69, 9.17) is 16.3 Å². The zero-order chi connectivity index (χ0) is 17.6. The van der Waals surface area contributed by atoms with Crippen molar-refractivity contribution in [1.29, 1.82) is 0 Å². The Morgan fingerprint density at radius 2 is 1.83 bits per heavy atom. The van der Waals surface area contributed by atoms with Crippen LogP contribution in [0.1, 0.15) is 39.4 Å². The molecule has 0 radical (unpaired) electrons. The van der Waals surface area contributed by atoms with E-state index in [1.54, 1.807) is 45.0 Å². The summed E-state index contributed by atoms with van der Waals surface area (Å²) in [5, 5.41) is 15.6. The maximum Gasteiger partial charge on any atom is 0.408 e. The molecule has 6 nitrogen and oxygen atoms in total. The van der Waals surface area contributed by atoms with Gasteiger partial charge < -0.3 is 20.5 Å². The summed E-state index contributed by atoms with van der Waals surface area (Å²) in [5.74, 6) is -0.413. The molecular formula is C16H23ClN2O4. The Kier molecular flexibility index (Phi) is 6.84. The third-order valence-corrected chi connectivity index (χ3v) is 3.10. The second kappa shape index (κ2) is 8.17. The molecule has 1 aromatic rings. The van der Waals surface area contributed by atoms with Crippen molar-refractivity contribution in [1.82, 2.24) is 10.6 Å². The Bertz CT molecular complexity index is 540. The molecule has 0 heterocycles. The molecule has 3 N–H and O–H groups in total. The molecule has 23 heavy (non-hydrogen) atoms. The average molecular weight is 343 g/mol. The number of nitrogens with one attached hydrogen (secondary N) is 2. The molecule has 7 heteroatoms. The highest BCUT2D eigenvalue weighted by Crippen LogP contribution is 2.15. The van der Waals surface area contributed by atoms with E-state index in [1.807, 2.05) is 0 Å². The fourth-order valence-corrected chi connectivity index (χ4v) is 1.83. The van der Waals surface area contributed by atoms with Gasteiger partial charge in [-0.3, -0.25) is 4.79 Å². The van der Waals surface area contributed by atoms with E-state index in [0.29, 0.717) is 10.6 Å². The number of hydrogen-bond acceptors (Lipinski definition) is 4. The molecule has 0 fully saturated rings. The van der Waals surface area contributed by atoms with Crippen LogP contribution in [0.15, 0.2) is 24.3 Å². The first-order valence-corrected chi connectivity index (χ1v) is 7.67. The Morgan fingerprint density at radius 3 is 2.35 bits per heavy atom. The first-order chi connectivity index (χ1) is 10.6. The first kappa shape index (κ1) is 19.3. The van der Waals surface area contributed by atoms with Crippen molar-refractivity contribution in [3.8, 4) is 0 Å². The van der Waals surface area contributed by atoms with E-state index >= 15 is 0 Å². The van der Waals surface area contributed by atoms with E-state index in [0.717, 1.165) is 0 Å². The van der Waals surface area contributed by atoms with Crippen LogP contribution in [0.3, 0.4) is 0 Å². The van der Waals surface area contributed by atoms with Gasteiger partial charge in [0, 0.05) is 11.6 Å². The number of aliphatic hydroxyl groups is 1. The molecule has 0 spiro atoms. The molecular weight excluding hydrogens is 320 g/mol. The molecule has 128 valence electrons. The van der Waals surface area contributed by atoms with Crippen LogP contribution in [-0.2, 0) is 9.53 Å². The maximum atomic E-state index is 11.9. The summed E-state index contributed by atoms with van der Waals surface area (Å²) in [7, 11) is 0. The van der Waals surface area contributed by atoms with Gasteiger partial charge in [0.05, 0.1) is 6.10 Å². The van der Waals surface area contributed by atoms with E-state index < -0.39 is 29.7 Å². The molecule has 0 bridgehead atoms. The Hall–Kier alpha value is -1.79. The summed E-state index contributed by atoms with van der Waals surface area (Å²) in [6.07, 6.45) is -1.52. The number of carbonyl (C=O) groups is 2. The molecule has 0 saturated heterocycles. The van der Waals surface area contributed by atoms with Gasteiger partial charge in [0.25, 0.3) is 0 Å². The lowest BCUT2D eigenvalue weighted by atomic mass is 10.1. The topological polar surface area (TPSA) is 87.7 Å². The molecule has 0 aromatic heterocycles. The second-order valence-corrected chi connectivity index (χ2v) is 6.62. The van der Waals surface area contributed by atoms with Crippen molar-refractivity contribution < 1.29 is 19.4 Å². The van der Waals surface area contributed by atoms with Gasteiger partial charge in [-0.05, 0) is 45.4 Å². The molecule has 1 aromatic carbocycles. The van der Waals surface area contributed by atoms with Crippen molar-refractivity contribution in [3.63, 3.8) is 0 Å². The van der Waals surface area contributed by atoms with Gasteiger partial charge in [-0.15, -0.1) is 0 Å². The minimum absolute atomic E-state index is 0.0286. The summed E-state index contributed by atoms with van der Waals surface area (Å²) >= 11 is 5.78. The van der Waals surface area contributed by atoms with Crippen molar-refractivity contribution in [2.24, 2.45) is 0 Å². The smallest absolute Gasteiger partial charge is 0.408 e. The number of halogens is 1. The van der Waals surface area contributed by atoms with Crippen LogP contribution in [0.2, 0.25) is 5.02 Å². The normalized spacial score (nSPS) is 13.8. The Morgan fingerprint density at radius 1 is 1.26 bits per heavy atom. The number of amides is 2. The first-order valence-electron chi connectivity index (χ1n) is 7.29. The number of alkyl carbamates (subject to hydrolysis) is 1. The third-order valence-electron chi connectivity index (χ3n) is 2.85. The van der Waals surface area contributed by atoms with E-state index in [1.165, 1.54) is 6.92 Å². The van der Waals surface area contributed by atoms with Crippen LogP contribution in [-0.4, -0.2) is 35.3 Å². The summed E-state index contributed by atoms with van der Waals surface area (Å²) in [6, 6.07) is 5.91. The van der Waals surface area contributed by atoms with Crippen LogP contribution in [0.5, 0.6) is 0 Å². The number of rotatable bonds is 5. The summed E-state index contributed by atoms with van der Waals surface area (Å²) in [6.45, 7) is 6.77. The predicted octanol–water partition coefficient (Wildman–Crippen LogP) is 2.40. The highest BCUT2D eigenvalue weighted by atomic mass is 35.5. The quantitative estimate of drug-likeness (QED) is 0.766. The fraction of sp³-hybridized carbons (Fsp3) is 0.500. The molecule has 0 aliphatic heterocycles. The summed E-state index contributed by atoms with van der Waals surface area (Å²) < 4.78 is 5.07. The van der Waals surface area contributed by atoms with E-state index in [2.05, 4.69) is 10.6 Å². The standard InChI is InChI=1S/C16H23ClN2O4/c1-10(19-15(22)23-16(2,3)4)14(21)18-9-13(20)11-5-7-12(17)8-6-11/h5-8,10,13,20H,9H2,1-4H3,(H,18,21)(H,19,22)/t10-,13-/m0/s1. The molecule has 0 saturated carbocycles. The SMILES string of the molecule is C[C@H](NC(=O)OC(C)(C)C)C(=O)NC[C@H](O)c1ccc(Cl)cc1. The molecule has 0 aliphatic carbocycles. The van der Waals surface area contributed by atoms with Crippen LogP contribution in [0.4, 0.5) is 4.79 Å². The number of aliphatic hydroxyl groups excluding tert-OH is 1. The number of carbonyl (C=O) groups excluding carboxylic acids is 2. The third kappa shape index (κ3) is 7.34. The van der Waals surface area contributed by atoms with Crippen LogP contribution < -0.4 is 10.6 Å². The fourth-order valence-electron chi connectivity index (χ4n) is 1.70. The van der Waals surface area contributed by atoms with Crippen molar-refractivity contribution in [2.45, 2.75) is 45.4 Å². The Balaban J connectivity index is 2.43. The largest absolute Gasteiger partial charge is 0.444 e. The lowest BCUT2D eigenvalue weighted by Crippen LogP contribution is -2.47. The molecule has 0 aliphatic rings. The van der Waals surface area contributed by atoms with Gasteiger partial charge in [0.2, 0.25) is 5.91 Å². The number of benzene rings is 1. The minimum atomic E-state index is -0.857. The van der Waals surface area contributed by atoms with Gasteiger partial charge in [0.1, 0.15) is 11.6 Å². The van der Waals surface area contributed by atoms with Crippen molar-refractivity contribution >= 4 is 23.6 Å². The van der Waals surface area contributed by atoms with Gasteiger partial charge in [-0.25, -0.2) is 4.79 Å². The highest BCUT2D eigenvalue weighted by Gasteiger charge is 2.21. The van der Waals surface area contributed by atoms with Crippen molar-refractivity contribution in [3.05, 3.63) is 34.9 Å². The van der Waals surface area contributed by atoms with E-state index in [-0.39, 0.29) is 6.54 Å². The predicted molar refractivity (Wildman–Crippen MR) is 88.3 cm³/mol. The zero-order valence-corrected chi connectivity index (χ0v) is 14.5. The van der Waals surface area contributed by atoms with Gasteiger partial charge >= 0.3 is 6.09 Å². The average Bonchev–Trinajstić information content (AvgIpc) is 2.42. The molecule has 2 atom stereocenters. The van der Waals surface area contributed by atoms with Crippen molar-refractivity contribution in [2.75, 3.05) is 6.54 Å². The van der Waals surface area contributed by atoms with Gasteiger partial charge in [-0.1, -0.05) is 23.7 Å². The minimum Gasteiger partial charge on any atom is -0.444 e. The van der Waals surface area contributed by atoms with Crippen LogP contribution >= 0.6 is 11.6 Å². The summed E-state index contributed by atoms with van der Waals surface area (Å²) in [4.78, 5) is 23.5. The Labute approximate surface area is 141 Å². The lowest BCUT2D eigenvalue weighted by Gasteiger charge is -2.22. The number of hydrogen-bond donors (Lipinski definition) is 3. The highest BCUT2D eigenvalue weighted by molar-refractivity contribution is 6.30. The monoisotopic (exact) mass is 342 g/mol. The molecule has 2 amide bonds. The maximum absolute atomic E-state index is 11.9. The number of ether oxygens (including phenoxy) is 1. The van der Waals surface area contributed by atoms with Crippen LogP contribution in [0.25, 0.3) is 0 Å².